The lowest BCUT2D eigenvalue weighted by molar-refractivity contribution is -0.118. The third-order valence-electron chi connectivity index (χ3n) is 2.12. The maximum atomic E-state index is 10.6. The molecule has 0 saturated carbocycles. The van der Waals surface area contributed by atoms with E-state index in [1.54, 1.807) is 0 Å². The van der Waals surface area contributed by atoms with Crippen LogP contribution >= 0.6 is 0 Å². The van der Waals surface area contributed by atoms with Crippen LogP contribution in [-0.2, 0) is 4.79 Å². The van der Waals surface area contributed by atoms with Gasteiger partial charge in [0, 0.05) is 13.5 Å². The predicted octanol–water partition coefficient (Wildman–Crippen LogP) is 1.51. The molecule has 1 aromatic rings. The van der Waals surface area contributed by atoms with Crippen LogP contribution in [0.1, 0.15) is 24.7 Å². The molecule has 0 saturated heterocycles. The highest BCUT2D eigenvalue weighted by atomic mass is 16.1. The fourth-order valence-corrected chi connectivity index (χ4v) is 1.22. The number of pyridine rings is 1. The van der Waals surface area contributed by atoms with Crippen molar-refractivity contribution in [1.82, 2.24) is 10.3 Å². The highest BCUT2D eigenvalue weighted by Gasteiger charge is 1.94. The molecule has 3 N–H and O–H groups in total. The van der Waals surface area contributed by atoms with Crippen LogP contribution in [0.15, 0.2) is 18.2 Å². The summed E-state index contributed by atoms with van der Waals surface area (Å²) in [5.41, 5.74) is 8.09. The summed E-state index contributed by atoms with van der Waals surface area (Å²) in [6.45, 7) is 4.04. The molecule has 0 radical (unpaired) electrons. The van der Waals surface area contributed by atoms with Gasteiger partial charge < -0.3 is 11.1 Å². The second-order valence-corrected chi connectivity index (χ2v) is 3.58. The minimum absolute atomic E-state index is 0.00476. The molecule has 86 valence electrons. The molecule has 1 rings (SSSR count). The number of nitrogens with two attached hydrogens (primary N) is 1. The summed E-state index contributed by atoms with van der Waals surface area (Å²) < 4.78 is 0. The number of rotatable bonds is 4. The van der Waals surface area contributed by atoms with Gasteiger partial charge in [0.15, 0.2) is 0 Å². The van der Waals surface area contributed by atoms with Crippen molar-refractivity contribution in [3.8, 4) is 0 Å². The first-order valence-corrected chi connectivity index (χ1v) is 5.23. The van der Waals surface area contributed by atoms with Crippen LogP contribution in [-0.4, -0.2) is 17.4 Å². The minimum atomic E-state index is -0.00476. The van der Waals surface area contributed by atoms with Crippen molar-refractivity contribution in [2.75, 3.05) is 12.3 Å². The molecule has 1 heterocycles. The normalized spacial score (nSPS) is 10.6. The maximum absolute atomic E-state index is 10.6. The van der Waals surface area contributed by atoms with Crippen molar-refractivity contribution in [2.24, 2.45) is 0 Å². The lowest BCUT2D eigenvalue weighted by Gasteiger charge is -2.00. The smallest absolute Gasteiger partial charge is 0.216 e. The van der Waals surface area contributed by atoms with E-state index >= 15 is 0 Å². The number of carbonyl (C=O) groups excluding carboxylic acids is 1. The minimum Gasteiger partial charge on any atom is -0.397 e. The summed E-state index contributed by atoms with van der Waals surface area (Å²) in [5, 5.41) is 2.72. The number of carbonyl (C=O) groups is 1. The predicted molar refractivity (Wildman–Crippen MR) is 65.7 cm³/mol. The molecule has 1 amide bonds. The first-order chi connectivity index (χ1) is 7.59. The third kappa shape index (κ3) is 4.13. The number of aryl methyl sites for hydroxylation is 1. The zero-order valence-electron chi connectivity index (χ0n) is 9.66. The van der Waals surface area contributed by atoms with Gasteiger partial charge in [0.2, 0.25) is 5.91 Å². The number of nitrogens with one attached hydrogen (secondary N) is 1. The number of hydrogen-bond donors (Lipinski definition) is 2. The summed E-state index contributed by atoms with van der Waals surface area (Å²) in [4.78, 5) is 14.9. The van der Waals surface area contributed by atoms with Gasteiger partial charge in [-0.1, -0.05) is 6.08 Å². The van der Waals surface area contributed by atoms with Gasteiger partial charge in [0.1, 0.15) is 0 Å². The number of amides is 1. The maximum Gasteiger partial charge on any atom is 0.216 e. The van der Waals surface area contributed by atoms with E-state index in [0.717, 1.165) is 17.8 Å². The summed E-state index contributed by atoms with van der Waals surface area (Å²) in [6, 6.07) is 3.72. The van der Waals surface area contributed by atoms with Crippen molar-refractivity contribution in [3.63, 3.8) is 0 Å². The topological polar surface area (TPSA) is 68.0 Å². The molecule has 0 aliphatic rings. The highest BCUT2D eigenvalue weighted by molar-refractivity contribution is 5.72. The van der Waals surface area contributed by atoms with Crippen LogP contribution in [0.5, 0.6) is 0 Å². The Kier molecular flexibility index (Phi) is 4.51. The van der Waals surface area contributed by atoms with E-state index in [1.165, 1.54) is 6.92 Å². The summed E-state index contributed by atoms with van der Waals surface area (Å²) in [7, 11) is 0. The van der Waals surface area contributed by atoms with E-state index < -0.39 is 0 Å². The fourth-order valence-electron chi connectivity index (χ4n) is 1.22. The van der Waals surface area contributed by atoms with Crippen LogP contribution in [0.3, 0.4) is 0 Å². The average molecular weight is 219 g/mol. The Labute approximate surface area is 95.6 Å². The zero-order chi connectivity index (χ0) is 12.0. The van der Waals surface area contributed by atoms with Crippen molar-refractivity contribution in [1.29, 1.82) is 0 Å². The first kappa shape index (κ1) is 12.2. The second-order valence-electron chi connectivity index (χ2n) is 3.58. The molecule has 1 aromatic heterocycles. The molecule has 0 aliphatic carbocycles. The number of hydrogen-bond acceptors (Lipinski definition) is 3. The summed E-state index contributed by atoms with van der Waals surface area (Å²) >= 11 is 0. The average Bonchev–Trinajstić information content (AvgIpc) is 2.22. The van der Waals surface area contributed by atoms with Crippen LogP contribution in [0.4, 0.5) is 5.69 Å². The van der Waals surface area contributed by atoms with Gasteiger partial charge in [-0.3, -0.25) is 9.78 Å². The van der Waals surface area contributed by atoms with E-state index in [9.17, 15) is 4.79 Å². The third-order valence-corrected chi connectivity index (χ3v) is 2.12. The molecule has 0 bridgehead atoms. The molecule has 0 fully saturated rings. The Morgan fingerprint density at radius 1 is 1.56 bits per heavy atom. The Bertz CT molecular complexity index is 399. The molecular weight excluding hydrogens is 202 g/mol. The first-order valence-electron chi connectivity index (χ1n) is 5.23. The second kappa shape index (κ2) is 5.90. The lowest BCUT2D eigenvalue weighted by Crippen LogP contribution is -2.20. The summed E-state index contributed by atoms with van der Waals surface area (Å²) in [6.07, 6.45) is 4.70. The number of aromatic nitrogens is 1. The van der Waals surface area contributed by atoms with Gasteiger partial charge in [-0.25, -0.2) is 0 Å². The Morgan fingerprint density at radius 2 is 2.31 bits per heavy atom. The van der Waals surface area contributed by atoms with E-state index in [-0.39, 0.29) is 5.91 Å². The fraction of sp³-hybridized carbons (Fsp3) is 0.333. The van der Waals surface area contributed by atoms with Crippen LogP contribution in [0.2, 0.25) is 0 Å². The SMILES string of the molecule is CC(=O)NCCC=Cc1ccc(N)c(C)n1. The Morgan fingerprint density at radius 3 is 2.94 bits per heavy atom. The van der Waals surface area contributed by atoms with E-state index in [4.69, 9.17) is 5.73 Å². The zero-order valence-corrected chi connectivity index (χ0v) is 9.66. The van der Waals surface area contributed by atoms with E-state index in [0.29, 0.717) is 12.2 Å². The molecule has 0 aliphatic heterocycles. The van der Waals surface area contributed by atoms with Crippen LogP contribution < -0.4 is 11.1 Å². The van der Waals surface area contributed by atoms with Gasteiger partial charge in [-0.05, 0) is 31.6 Å². The monoisotopic (exact) mass is 219 g/mol. The molecule has 0 unspecified atom stereocenters. The number of nitrogen functional groups attached to an aromatic ring is 1. The van der Waals surface area contributed by atoms with Crippen molar-refractivity contribution in [2.45, 2.75) is 20.3 Å². The highest BCUT2D eigenvalue weighted by Crippen LogP contribution is 2.09. The quantitative estimate of drug-likeness (QED) is 0.754. The molecule has 16 heavy (non-hydrogen) atoms. The van der Waals surface area contributed by atoms with Crippen molar-refractivity contribution < 1.29 is 4.79 Å². The number of nitrogens with zero attached hydrogens (tertiary/aromatic N) is 1. The summed E-state index contributed by atoms with van der Waals surface area (Å²) in [5.74, 6) is -0.00476. The lowest BCUT2D eigenvalue weighted by atomic mass is 10.2. The largest absolute Gasteiger partial charge is 0.397 e. The Balaban J connectivity index is 2.44. The van der Waals surface area contributed by atoms with Gasteiger partial charge in [-0.2, -0.15) is 0 Å². The molecule has 0 atom stereocenters. The molecular formula is C12H17N3O. The molecule has 0 spiro atoms. The standard InChI is InChI=1S/C12H17N3O/c1-9-12(13)7-6-11(15-9)5-3-4-8-14-10(2)16/h3,5-7H,4,8,13H2,1-2H3,(H,14,16). The molecule has 4 nitrogen and oxygen atoms in total. The number of anilines is 1. The van der Waals surface area contributed by atoms with Gasteiger partial charge in [-0.15, -0.1) is 0 Å². The van der Waals surface area contributed by atoms with Crippen LogP contribution in [0, 0.1) is 6.92 Å². The Hall–Kier alpha value is -1.84. The van der Waals surface area contributed by atoms with Crippen LogP contribution in [0.25, 0.3) is 6.08 Å². The van der Waals surface area contributed by atoms with E-state index in [2.05, 4.69) is 10.3 Å². The van der Waals surface area contributed by atoms with E-state index in [1.807, 2.05) is 31.2 Å². The van der Waals surface area contributed by atoms with Gasteiger partial charge >= 0.3 is 0 Å². The van der Waals surface area contributed by atoms with Gasteiger partial charge in [0.25, 0.3) is 0 Å². The van der Waals surface area contributed by atoms with Crippen molar-refractivity contribution in [3.05, 3.63) is 29.6 Å². The molecule has 4 heteroatoms. The van der Waals surface area contributed by atoms with Gasteiger partial charge in [0.05, 0.1) is 17.1 Å². The molecule has 0 aromatic carbocycles. The van der Waals surface area contributed by atoms with Crippen molar-refractivity contribution >= 4 is 17.7 Å².